The van der Waals surface area contributed by atoms with Crippen LogP contribution in [0.3, 0.4) is 0 Å². The molecule has 3 N–H and O–H groups in total. The summed E-state index contributed by atoms with van der Waals surface area (Å²) in [5, 5.41) is 7.24. The molecule has 2 aliphatic rings. The Morgan fingerprint density at radius 3 is 2.75 bits per heavy atom. The Morgan fingerprint density at radius 1 is 1.19 bits per heavy atom. The number of carbonyl (C=O) groups excluding carboxylic acids is 1. The van der Waals surface area contributed by atoms with Gasteiger partial charge in [0.15, 0.2) is 0 Å². The molecule has 4 rings (SSSR count). The Bertz CT molecular complexity index is 842. The number of hydrogen-bond donors (Lipinski definition) is 3. The van der Waals surface area contributed by atoms with Crippen molar-refractivity contribution < 1.29 is 4.79 Å². The molecule has 0 aliphatic heterocycles. The number of imidazole rings is 1. The van der Waals surface area contributed by atoms with Crippen LogP contribution < -0.4 is 10.6 Å². The van der Waals surface area contributed by atoms with Crippen LogP contribution in [0.5, 0.6) is 0 Å². The zero-order chi connectivity index (χ0) is 21.5. The number of aromatic amines is 1. The monoisotopic (exact) mass is 456 g/mol. The second kappa shape index (κ2) is 11.9. The van der Waals surface area contributed by atoms with Crippen molar-refractivity contribution in [2.24, 2.45) is 11.3 Å². The van der Waals surface area contributed by atoms with Crippen LogP contribution in [0.15, 0.2) is 30.7 Å². The number of benzene rings is 1. The summed E-state index contributed by atoms with van der Waals surface area (Å²) in [6.45, 7) is 2.66. The van der Waals surface area contributed by atoms with E-state index in [1.807, 2.05) is 24.4 Å². The van der Waals surface area contributed by atoms with Crippen molar-refractivity contribution in [2.45, 2.75) is 64.2 Å². The maximum atomic E-state index is 12.9. The molecule has 32 heavy (non-hydrogen) atoms. The Labute approximate surface area is 198 Å². The zero-order valence-electron chi connectivity index (χ0n) is 19.1. The number of hydrogen-bond acceptors (Lipinski definition) is 3. The molecule has 1 heterocycles. The van der Waals surface area contributed by atoms with Gasteiger partial charge in [-0.2, -0.15) is 0 Å². The number of rotatable bonds is 10. The van der Waals surface area contributed by atoms with Crippen molar-refractivity contribution in [1.82, 2.24) is 20.6 Å². The lowest BCUT2D eigenvalue weighted by molar-refractivity contribution is 0.0682. The van der Waals surface area contributed by atoms with Crippen molar-refractivity contribution in [2.75, 3.05) is 19.6 Å². The predicted molar refractivity (Wildman–Crippen MR) is 131 cm³/mol. The quantitative estimate of drug-likeness (QED) is 0.428. The van der Waals surface area contributed by atoms with Crippen molar-refractivity contribution in [3.63, 3.8) is 0 Å². The van der Waals surface area contributed by atoms with Crippen LogP contribution in [-0.4, -0.2) is 35.5 Å². The number of amides is 1. The third kappa shape index (κ3) is 6.58. The van der Waals surface area contributed by atoms with E-state index in [0.29, 0.717) is 16.0 Å². The molecular weight excluding hydrogens is 420 g/mol. The molecule has 0 saturated heterocycles. The average molecular weight is 457 g/mol. The highest BCUT2D eigenvalue weighted by Gasteiger charge is 2.39. The third-order valence-corrected chi connectivity index (χ3v) is 7.52. The first-order valence-corrected chi connectivity index (χ1v) is 12.3. The van der Waals surface area contributed by atoms with Crippen molar-refractivity contribution >= 4 is 17.5 Å². The topological polar surface area (TPSA) is 69.8 Å². The first kappa shape index (κ1) is 24.8. The number of aryl methyl sites for hydroxylation is 1. The SMILES string of the molecule is O=C(NCC12CCCC(CCC1)C2)c1cc(CCCNCCc2c[nH]cn2)ccc1Cl.[CH2]. The van der Waals surface area contributed by atoms with Crippen LogP contribution in [0.25, 0.3) is 0 Å². The Morgan fingerprint density at radius 2 is 2.00 bits per heavy atom. The fraction of sp³-hybridized carbons (Fsp3) is 0.577. The molecule has 2 fully saturated rings. The van der Waals surface area contributed by atoms with Crippen LogP contribution in [-0.2, 0) is 12.8 Å². The Hall–Kier alpha value is -1.85. The van der Waals surface area contributed by atoms with Gasteiger partial charge in [0.05, 0.1) is 22.6 Å². The number of nitrogens with zero attached hydrogens (tertiary/aromatic N) is 1. The predicted octanol–water partition coefficient (Wildman–Crippen LogP) is 5.25. The number of aromatic nitrogens is 2. The molecule has 0 spiro atoms. The normalized spacial score (nSPS) is 22.2. The van der Waals surface area contributed by atoms with Gasteiger partial charge in [-0.25, -0.2) is 4.98 Å². The fourth-order valence-electron chi connectivity index (χ4n) is 5.52. The number of H-pyrrole nitrogens is 1. The summed E-state index contributed by atoms with van der Waals surface area (Å²) in [5.74, 6) is 0.852. The highest BCUT2D eigenvalue weighted by molar-refractivity contribution is 6.33. The van der Waals surface area contributed by atoms with Gasteiger partial charge in [-0.3, -0.25) is 4.79 Å². The van der Waals surface area contributed by atoms with Crippen LogP contribution >= 0.6 is 11.6 Å². The maximum Gasteiger partial charge on any atom is 0.252 e. The smallest absolute Gasteiger partial charge is 0.252 e. The molecule has 2 bridgehead atoms. The van der Waals surface area contributed by atoms with E-state index in [2.05, 4.69) is 20.6 Å². The summed E-state index contributed by atoms with van der Waals surface area (Å²) in [6, 6.07) is 5.88. The molecular formula is C26H37ClN4O. The first-order valence-electron chi connectivity index (χ1n) is 11.9. The number of fused-ring (bicyclic) bond motifs is 2. The van der Waals surface area contributed by atoms with Gasteiger partial charge in [0, 0.05) is 25.7 Å². The van der Waals surface area contributed by atoms with Gasteiger partial charge in [0.2, 0.25) is 0 Å². The van der Waals surface area contributed by atoms with Gasteiger partial charge in [-0.1, -0.05) is 50.8 Å². The summed E-state index contributed by atoms with van der Waals surface area (Å²) in [5.41, 5.74) is 3.18. The average Bonchev–Trinajstić information content (AvgIpc) is 3.29. The van der Waals surface area contributed by atoms with E-state index < -0.39 is 0 Å². The molecule has 1 aromatic heterocycles. The number of carbonyl (C=O) groups is 1. The third-order valence-electron chi connectivity index (χ3n) is 7.19. The van der Waals surface area contributed by atoms with E-state index >= 15 is 0 Å². The summed E-state index contributed by atoms with van der Waals surface area (Å²) in [6.07, 6.45) is 15.7. The van der Waals surface area contributed by atoms with Crippen molar-refractivity contribution in [3.8, 4) is 0 Å². The lowest BCUT2D eigenvalue weighted by Gasteiger charge is -2.45. The molecule has 2 saturated carbocycles. The van der Waals surface area contributed by atoms with Gasteiger partial charge in [-0.15, -0.1) is 0 Å². The minimum absolute atomic E-state index is 0. The van der Waals surface area contributed by atoms with Crippen LogP contribution in [0.4, 0.5) is 0 Å². The van der Waals surface area contributed by atoms with Crippen LogP contribution in [0.2, 0.25) is 5.02 Å². The highest BCUT2D eigenvalue weighted by atomic mass is 35.5. The molecule has 1 aromatic carbocycles. The maximum absolute atomic E-state index is 12.9. The molecule has 0 atom stereocenters. The number of halogens is 1. The molecule has 1 amide bonds. The van der Waals surface area contributed by atoms with Crippen LogP contribution in [0, 0.1) is 18.8 Å². The van der Waals surface area contributed by atoms with Gasteiger partial charge in [-0.05, 0) is 67.7 Å². The van der Waals surface area contributed by atoms with Gasteiger partial charge >= 0.3 is 0 Å². The summed E-state index contributed by atoms with van der Waals surface area (Å²) in [4.78, 5) is 20.1. The lowest BCUT2D eigenvalue weighted by atomic mass is 9.62. The van der Waals surface area contributed by atoms with E-state index in [4.69, 9.17) is 11.6 Å². The van der Waals surface area contributed by atoms with Crippen LogP contribution in [0.1, 0.15) is 73.0 Å². The number of nitrogens with one attached hydrogen (secondary N) is 3. The molecule has 0 unspecified atom stereocenters. The minimum atomic E-state index is -0.0222. The fourth-order valence-corrected chi connectivity index (χ4v) is 5.73. The van der Waals surface area contributed by atoms with Crippen molar-refractivity contribution in [1.29, 1.82) is 0 Å². The second-order valence-electron chi connectivity index (χ2n) is 9.52. The lowest BCUT2D eigenvalue weighted by Crippen LogP contribution is -2.43. The minimum Gasteiger partial charge on any atom is -0.351 e. The zero-order valence-corrected chi connectivity index (χ0v) is 19.9. The van der Waals surface area contributed by atoms with E-state index in [1.54, 1.807) is 6.33 Å². The van der Waals surface area contributed by atoms with Gasteiger partial charge in [0.1, 0.15) is 0 Å². The molecule has 2 aliphatic carbocycles. The second-order valence-corrected chi connectivity index (χ2v) is 9.92. The Kier molecular flexibility index (Phi) is 9.18. The molecule has 174 valence electrons. The van der Waals surface area contributed by atoms with Crippen molar-refractivity contribution in [3.05, 3.63) is 60.0 Å². The largest absolute Gasteiger partial charge is 0.351 e. The van der Waals surface area contributed by atoms with E-state index in [9.17, 15) is 4.79 Å². The van der Waals surface area contributed by atoms with E-state index in [0.717, 1.165) is 56.1 Å². The van der Waals surface area contributed by atoms with E-state index in [-0.39, 0.29) is 13.3 Å². The summed E-state index contributed by atoms with van der Waals surface area (Å²) >= 11 is 6.39. The van der Waals surface area contributed by atoms with Gasteiger partial charge in [0.25, 0.3) is 5.91 Å². The molecule has 5 nitrogen and oxygen atoms in total. The Balaban J connectivity index is 0.00000289. The molecule has 6 heteroatoms. The molecule has 2 radical (unpaired) electrons. The van der Waals surface area contributed by atoms with Gasteiger partial charge < -0.3 is 15.6 Å². The summed E-state index contributed by atoms with van der Waals surface area (Å²) < 4.78 is 0. The van der Waals surface area contributed by atoms with E-state index in [1.165, 1.54) is 44.9 Å². The highest BCUT2D eigenvalue weighted by Crippen LogP contribution is 2.48. The molecule has 2 aromatic rings. The first-order chi connectivity index (χ1) is 15.1. The summed E-state index contributed by atoms with van der Waals surface area (Å²) in [7, 11) is 0. The standard InChI is InChI=1S/C25H35ClN4O.CH2/c26-23-8-7-19(6-3-12-27-13-9-21-16-28-18-30-21)14-22(23)24(31)29-17-25-10-1-4-20(15-25)5-2-11-25;/h7-8,14,16,18,20,27H,1-6,9-13,15,17H2,(H,28,30)(H,29,31);1H2.